The fourth-order valence-corrected chi connectivity index (χ4v) is 6.49. The van der Waals surface area contributed by atoms with Gasteiger partial charge in [0.05, 0.1) is 14.2 Å². The van der Waals surface area contributed by atoms with Crippen molar-refractivity contribution in [1.82, 2.24) is 15.1 Å². The number of fused-ring (bicyclic) bond motifs is 3. The molecule has 0 unspecified atom stereocenters. The van der Waals surface area contributed by atoms with E-state index in [1.165, 1.54) is 43.4 Å². The molecule has 4 heterocycles. The van der Waals surface area contributed by atoms with Crippen molar-refractivity contribution in [1.29, 1.82) is 0 Å². The van der Waals surface area contributed by atoms with Crippen molar-refractivity contribution >= 4 is 56.0 Å². The molecular weight excluding hydrogens is 500 g/mol. The molecule has 0 fully saturated rings. The van der Waals surface area contributed by atoms with Gasteiger partial charge in [-0.3, -0.25) is 4.72 Å². The Hall–Kier alpha value is -3.29. The lowest BCUT2D eigenvalue weighted by Crippen LogP contribution is -2.17. The number of sulfonamides is 1. The van der Waals surface area contributed by atoms with Crippen LogP contribution in [-0.2, 0) is 10.0 Å². The molecule has 0 bridgehead atoms. The minimum Gasteiger partial charge on any atom is -0.495 e. The summed E-state index contributed by atoms with van der Waals surface area (Å²) in [6, 6.07) is 3.30. The number of methoxy groups -OCH3 is 2. The lowest BCUT2D eigenvalue weighted by Gasteiger charge is -2.17. The number of benzene rings is 1. The van der Waals surface area contributed by atoms with Gasteiger partial charge in [0.2, 0.25) is 5.88 Å². The number of hydrogen-bond acceptors (Lipinski definition) is 11. The molecule has 1 aromatic carbocycles. The van der Waals surface area contributed by atoms with Crippen LogP contribution in [0.3, 0.4) is 0 Å². The minimum absolute atomic E-state index is 0.0166. The molecule has 0 atom stereocenters. The molecule has 1 aliphatic heterocycles. The number of nitrogens with zero attached hydrogens (tertiary/aromatic N) is 3. The topological polar surface area (TPSA) is 126 Å². The van der Waals surface area contributed by atoms with Gasteiger partial charge in [-0.1, -0.05) is 23.0 Å². The van der Waals surface area contributed by atoms with E-state index in [1.807, 2.05) is 17.5 Å². The second-order valence-electron chi connectivity index (χ2n) is 7.05. The number of hydrogen-bond donors (Lipinski definition) is 1. The summed E-state index contributed by atoms with van der Waals surface area (Å²) < 4.78 is 52.1. The number of ether oxygens (including phenoxy) is 3. The highest BCUT2D eigenvalue weighted by molar-refractivity contribution is 8.01. The molecule has 0 amide bonds. The molecule has 5 rings (SSSR count). The average Bonchev–Trinajstić information content (AvgIpc) is 3.48. The minimum atomic E-state index is -4.23. The van der Waals surface area contributed by atoms with E-state index in [0.29, 0.717) is 29.0 Å². The van der Waals surface area contributed by atoms with Crippen LogP contribution in [-0.4, -0.2) is 44.4 Å². The second kappa shape index (κ2) is 8.81. The van der Waals surface area contributed by atoms with Crippen molar-refractivity contribution < 1.29 is 27.2 Å². The first kappa shape index (κ1) is 22.5. The fraction of sp³-hybridized carbons (Fsp3) is 0.190. The number of aromatic nitrogens is 3. The number of nitrogens with one attached hydrogen (secondary N) is 1. The van der Waals surface area contributed by atoms with Crippen LogP contribution in [0.2, 0.25) is 0 Å². The molecule has 0 spiro atoms. The van der Waals surface area contributed by atoms with Gasteiger partial charge in [-0.25, -0.2) is 18.4 Å². The van der Waals surface area contributed by atoms with Crippen LogP contribution in [0.4, 0.5) is 5.82 Å². The Morgan fingerprint density at radius 2 is 2.09 bits per heavy atom. The molecule has 1 aliphatic rings. The van der Waals surface area contributed by atoms with E-state index in [4.69, 9.17) is 18.7 Å². The number of anilines is 1. The summed E-state index contributed by atoms with van der Waals surface area (Å²) >= 11 is 2.97. The Morgan fingerprint density at radius 3 is 2.82 bits per heavy atom. The van der Waals surface area contributed by atoms with E-state index in [-0.39, 0.29) is 22.3 Å². The average molecular weight is 519 g/mol. The van der Waals surface area contributed by atoms with Gasteiger partial charge in [0.25, 0.3) is 10.0 Å². The molecule has 34 heavy (non-hydrogen) atoms. The quantitative estimate of drug-likeness (QED) is 0.377. The SMILES string of the molecule is COc1cc(C)nc(OC)c1S(=O)(=O)Nc1noc2cc(Sc3nccs3)c3c(c12)OCC=C3. The predicted octanol–water partition coefficient (Wildman–Crippen LogP) is 4.36. The second-order valence-corrected chi connectivity index (χ2v) is 10.8. The monoisotopic (exact) mass is 518 g/mol. The molecule has 0 saturated carbocycles. The largest absolute Gasteiger partial charge is 0.495 e. The zero-order chi connectivity index (χ0) is 23.9. The van der Waals surface area contributed by atoms with Crippen molar-refractivity contribution in [3.8, 4) is 17.4 Å². The molecule has 13 heteroatoms. The first-order valence-corrected chi connectivity index (χ1v) is 13.0. The summed E-state index contributed by atoms with van der Waals surface area (Å²) in [6.45, 7) is 2.03. The van der Waals surface area contributed by atoms with Gasteiger partial charge in [-0.2, -0.15) is 0 Å². The zero-order valence-corrected chi connectivity index (χ0v) is 20.6. The maximum Gasteiger partial charge on any atom is 0.272 e. The zero-order valence-electron chi connectivity index (χ0n) is 18.2. The van der Waals surface area contributed by atoms with Crippen molar-refractivity contribution in [2.45, 2.75) is 21.1 Å². The van der Waals surface area contributed by atoms with Crippen LogP contribution < -0.4 is 18.9 Å². The van der Waals surface area contributed by atoms with Crippen LogP contribution in [0.15, 0.2) is 48.4 Å². The van der Waals surface area contributed by atoms with E-state index in [9.17, 15) is 8.42 Å². The maximum absolute atomic E-state index is 13.4. The third kappa shape index (κ3) is 3.95. The highest BCUT2D eigenvalue weighted by Gasteiger charge is 2.30. The Morgan fingerprint density at radius 1 is 1.24 bits per heavy atom. The van der Waals surface area contributed by atoms with Crippen molar-refractivity contribution in [3.63, 3.8) is 0 Å². The van der Waals surface area contributed by atoms with E-state index in [0.717, 1.165) is 14.8 Å². The fourth-order valence-electron chi connectivity index (χ4n) is 3.50. The van der Waals surface area contributed by atoms with E-state index < -0.39 is 10.0 Å². The Labute approximate surface area is 203 Å². The highest BCUT2D eigenvalue weighted by Crippen LogP contribution is 2.45. The van der Waals surface area contributed by atoms with Gasteiger partial charge in [0, 0.05) is 33.8 Å². The Kier molecular flexibility index (Phi) is 5.83. The maximum atomic E-state index is 13.4. The summed E-state index contributed by atoms with van der Waals surface area (Å²) in [4.78, 5) is 9.09. The van der Waals surface area contributed by atoms with Crippen molar-refractivity contribution in [2.24, 2.45) is 0 Å². The van der Waals surface area contributed by atoms with Gasteiger partial charge in [0.15, 0.2) is 20.6 Å². The summed E-state index contributed by atoms with van der Waals surface area (Å²) in [7, 11) is -1.52. The van der Waals surface area contributed by atoms with Crippen LogP contribution in [0.25, 0.3) is 17.0 Å². The molecule has 4 aromatic rings. The van der Waals surface area contributed by atoms with Gasteiger partial charge < -0.3 is 18.7 Å². The lowest BCUT2D eigenvalue weighted by molar-refractivity contribution is 0.360. The molecule has 176 valence electrons. The van der Waals surface area contributed by atoms with Gasteiger partial charge in [0.1, 0.15) is 23.5 Å². The number of thiazole rings is 1. The predicted molar refractivity (Wildman–Crippen MR) is 128 cm³/mol. The molecule has 0 radical (unpaired) electrons. The molecule has 10 nitrogen and oxygen atoms in total. The number of aryl methyl sites for hydroxylation is 1. The molecule has 3 aromatic heterocycles. The van der Waals surface area contributed by atoms with E-state index in [1.54, 1.807) is 19.2 Å². The molecular formula is C21H18N4O6S3. The van der Waals surface area contributed by atoms with E-state index >= 15 is 0 Å². The molecule has 1 N–H and O–H groups in total. The highest BCUT2D eigenvalue weighted by atomic mass is 32.2. The molecule has 0 aliphatic carbocycles. The van der Waals surface area contributed by atoms with Crippen molar-refractivity contribution in [3.05, 3.63) is 41.0 Å². The van der Waals surface area contributed by atoms with Crippen LogP contribution in [0.5, 0.6) is 17.4 Å². The van der Waals surface area contributed by atoms with E-state index in [2.05, 4.69) is 19.8 Å². The Bertz CT molecular complexity index is 1490. The number of pyridine rings is 1. The van der Waals surface area contributed by atoms with Crippen molar-refractivity contribution in [2.75, 3.05) is 25.5 Å². The Balaban J connectivity index is 1.62. The normalized spacial score (nSPS) is 12.9. The van der Waals surface area contributed by atoms with Crippen LogP contribution in [0.1, 0.15) is 11.3 Å². The first-order chi connectivity index (χ1) is 16.4. The third-order valence-electron chi connectivity index (χ3n) is 4.88. The lowest BCUT2D eigenvalue weighted by atomic mass is 10.1. The van der Waals surface area contributed by atoms with Gasteiger partial charge in [-0.15, -0.1) is 11.3 Å². The summed E-state index contributed by atoms with van der Waals surface area (Å²) in [6.07, 6.45) is 5.54. The first-order valence-electron chi connectivity index (χ1n) is 9.86. The van der Waals surface area contributed by atoms with Crippen LogP contribution >= 0.6 is 23.1 Å². The summed E-state index contributed by atoms with van der Waals surface area (Å²) in [5.41, 5.74) is 1.69. The van der Waals surface area contributed by atoms with Crippen LogP contribution in [0, 0.1) is 6.92 Å². The smallest absolute Gasteiger partial charge is 0.272 e. The van der Waals surface area contributed by atoms with Gasteiger partial charge >= 0.3 is 0 Å². The molecule has 0 saturated heterocycles. The standard InChI is InChI=1S/C21H18N4O6S3/c1-11-9-14(28-2)18(20(23-11)29-3)34(26,27)25-19-16-13(31-24-19)10-15(33-21-22-6-8-32-21)12-5-4-7-30-17(12)16/h4-6,8-10H,7H2,1-3H3,(H,24,25). The number of rotatable bonds is 7. The summed E-state index contributed by atoms with van der Waals surface area (Å²) in [5, 5.41) is 6.29. The third-order valence-corrected chi connectivity index (χ3v) is 8.20. The van der Waals surface area contributed by atoms with Gasteiger partial charge in [-0.05, 0) is 19.1 Å². The summed E-state index contributed by atoms with van der Waals surface area (Å²) in [5.74, 6) is 0.449.